The SMILES string of the molecule is CC(C)=CCOC(=O)c1cccc(C(=O)OCCCC(C)C)c1. The van der Waals surface area contributed by atoms with Crippen molar-refractivity contribution < 1.29 is 19.1 Å². The molecule has 1 aromatic carbocycles. The monoisotopic (exact) mass is 318 g/mol. The molecule has 0 aliphatic heterocycles. The highest BCUT2D eigenvalue weighted by Gasteiger charge is 2.12. The Kier molecular flexibility index (Phi) is 8.09. The second kappa shape index (κ2) is 9.82. The van der Waals surface area contributed by atoms with Crippen LogP contribution in [0.4, 0.5) is 0 Å². The summed E-state index contributed by atoms with van der Waals surface area (Å²) in [6.45, 7) is 8.75. The third-order valence-electron chi connectivity index (χ3n) is 3.20. The van der Waals surface area contributed by atoms with Crippen LogP contribution >= 0.6 is 0 Å². The van der Waals surface area contributed by atoms with Crippen LogP contribution in [0.5, 0.6) is 0 Å². The van der Waals surface area contributed by atoms with Crippen molar-refractivity contribution in [3.05, 3.63) is 47.0 Å². The first kappa shape index (κ1) is 18.9. The van der Waals surface area contributed by atoms with Crippen molar-refractivity contribution in [3.63, 3.8) is 0 Å². The zero-order valence-electron chi connectivity index (χ0n) is 14.4. The summed E-state index contributed by atoms with van der Waals surface area (Å²) in [7, 11) is 0. The van der Waals surface area contributed by atoms with Gasteiger partial charge >= 0.3 is 11.9 Å². The van der Waals surface area contributed by atoms with Crippen molar-refractivity contribution in [2.75, 3.05) is 13.2 Å². The first-order chi connectivity index (χ1) is 10.9. The molecular weight excluding hydrogens is 292 g/mol. The molecule has 23 heavy (non-hydrogen) atoms. The highest BCUT2D eigenvalue weighted by molar-refractivity contribution is 5.95. The molecule has 0 aromatic heterocycles. The van der Waals surface area contributed by atoms with E-state index in [0.717, 1.165) is 18.4 Å². The van der Waals surface area contributed by atoms with Gasteiger partial charge in [0, 0.05) is 0 Å². The molecule has 0 unspecified atom stereocenters. The molecule has 1 rings (SSSR count). The Balaban J connectivity index is 2.56. The number of hydrogen-bond acceptors (Lipinski definition) is 4. The molecule has 0 spiro atoms. The van der Waals surface area contributed by atoms with E-state index < -0.39 is 11.9 Å². The Morgan fingerprint density at radius 3 is 2.26 bits per heavy atom. The molecule has 0 N–H and O–H groups in total. The number of rotatable bonds is 8. The minimum Gasteiger partial charge on any atom is -0.462 e. The van der Waals surface area contributed by atoms with Crippen molar-refractivity contribution in [3.8, 4) is 0 Å². The normalized spacial score (nSPS) is 10.3. The Bertz CT molecular complexity index is 554. The van der Waals surface area contributed by atoms with Crippen LogP contribution in [0.2, 0.25) is 0 Å². The number of ether oxygens (including phenoxy) is 2. The van der Waals surface area contributed by atoms with E-state index in [-0.39, 0.29) is 6.61 Å². The maximum absolute atomic E-state index is 12.0. The molecule has 4 nitrogen and oxygen atoms in total. The molecule has 0 radical (unpaired) electrons. The van der Waals surface area contributed by atoms with Crippen molar-refractivity contribution in [2.45, 2.75) is 40.5 Å². The molecule has 0 saturated heterocycles. The fourth-order valence-electron chi connectivity index (χ4n) is 1.88. The van der Waals surface area contributed by atoms with Gasteiger partial charge in [0.1, 0.15) is 6.61 Å². The van der Waals surface area contributed by atoms with Gasteiger partial charge in [-0.15, -0.1) is 0 Å². The third-order valence-corrected chi connectivity index (χ3v) is 3.20. The van der Waals surface area contributed by atoms with Gasteiger partial charge in [-0.1, -0.05) is 25.5 Å². The average Bonchev–Trinajstić information content (AvgIpc) is 2.50. The number of carbonyl (C=O) groups is 2. The molecule has 0 aliphatic carbocycles. The highest BCUT2D eigenvalue weighted by atomic mass is 16.5. The van der Waals surface area contributed by atoms with Gasteiger partial charge in [0.25, 0.3) is 0 Å². The molecule has 4 heteroatoms. The van der Waals surface area contributed by atoms with Gasteiger partial charge in [-0.2, -0.15) is 0 Å². The quantitative estimate of drug-likeness (QED) is 0.405. The fourth-order valence-corrected chi connectivity index (χ4v) is 1.88. The number of esters is 2. The lowest BCUT2D eigenvalue weighted by atomic mass is 10.1. The van der Waals surface area contributed by atoms with Crippen LogP contribution in [0.1, 0.15) is 61.3 Å². The topological polar surface area (TPSA) is 52.6 Å². The number of carbonyl (C=O) groups excluding carboxylic acids is 2. The lowest BCUT2D eigenvalue weighted by Gasteiger charge is -2.07. The van der Waals surface area contributed by atoms with Gasteiger partial charge in [-0.3, -0.25) is 0 Å². The van der Waals surface area contributed by atoms with E-state index in [9.17, 15) is 9.59 Å². The zero-order valence-corrected chi connectivity index (χ0v) is 14.4. The van der Waals surface area contributed by atoms with Crippen LogP contribution in [0, 0.1) is 5.92 Å². The lowest BCUT2D eigenvalue weighted by Crippen LogP contribution is -2.10. The molecule has 0 amide bonds. The smallest absolute Gasteiger partial charge is 0.338 e. The lowest BCUT2D eigenvalue weighted by molar-refractivity contribution is 0.0494. The molecule has 0 aliphatic rings. The largest absolute Gasteiger partial charge is 0.462 e. The Morgan fingerprint density at radius 1 is 1.09 bits per heavy atom. The molecule has 126 valence electrons. The Morgan fingerprint density at radius 2 is 1.70 bits per heavy atom. The zero-order chi connectivity index (χ0) is 17.2. The average molecular weight is 318 g/mol. The van der Waals surface area contributed by atoms with Crippen LogP contribution in [-0.2, 0) is 9.47 Å². The maximum Gasteiger partial charge on any atom is 0.338 e. The standard InChI is InChI=1S/C19H26O4/c1-14(2)7-6-11-22-18(20)16-8-5-9-17(13-16)19(21)23-12-10-15(3)4/h5,8-10,13-14H,6-7,11-12H2,1-4H3. The number of benzene rings is 1. The van der Waals surface area contributed by atoms with Gasteiger partial charge in [0.05, 0.1) is 17.7 Å². The van der Waals surface area contributed by atoms with Gasteiger partial charge < -0.3 is 9.47 Å². The second-order valence-corrected chi connectivity index (χ2v) is 6.13. The molecule has 0 atom stereocenters. The summed E-state index contributed by atoms with van der Waals surface area (Å²) >= 11 is 0. The Hall–Kier alpha value is -2.10. The van der Waals surface area contributed by atoms with Crippen LogP contribution in [0.3, 0.4) is 0 Å². The van der Waals surface area contributed by atoms with E-state index in [0.29, 0.717) is 23.7 Å². The van der Waals surface area contributed by atoms with E-state index in [1.54, 1.807) is 18.2 Å². The van der Waals surface area contributed by atoms with Gasteiger partial charge in [-0.05, 0) is 56.9 Å². The first-order valence-electron chi connectivity index (χ1n) is 7.98. The summed E-state index contributed by atoms with van der Waals surface area (Å²) in [6, 6.07) is 6.43. The minimum atomic E-state index is -0.447. The summed E-state index contributed by atoms with van der Waals surface area (Å²) < 4.78 is 10.4. The Labute approximate surface area is 138 Å². The van der Waals surface area contributed by atoms with Gasteiger partial charge in [0.2, 0.25) is 0 Å². The van der Waals surface area contributed by atoms with E-state index in [2.05, 4.69) is 13.8 Å². The molecule has 0 saturated carbocycles. The summed E-state index contributed by atoms with van der Waals surface area (Å²) in [6.07, 6.45) is 3.68. The van der Waals surface area contributed by atoms with Crippen molar-refractivity contribution >= 4 is 11.9 Å². The number of hydrogen-bond donors (Lipinski definition) is 0. The van der Waals surface area contributed by atoms with Crippen molar-refractivity contribution in [2.24, 2.45) is 5.92 Å². The van der Waals surface area contributed by atoms with E-state index in [1.807, 2.05) is 19.9 Å². The molecule has 0 fully saturated rings. The first-order valence-corrected chi connectivity index (χ1v) is 7.98. The van der Waals surface area contributed by atoms with Crippen molar-refractivity contribution in [1.82, 2.24) is 0 Å². The van der Waals surface area contributed by atoms with Crippen LogP contribution in [0.15, 0.2) is 35.9 Å². The second-order valence-electron chi connectivity index (χ2n) is 6.13. The molecule has 0 heterocycles. The highest BCUT2D eigenvalue weighted by Crippen LogP contribution is 2.10. The molecule has 1 aromatic rings. The van der Waals surface area contributed by atoms with Crippen LogP contribution in [0.25, 0.3) is 0 Å². The maximum atomic E-state index is 12.0. The fraction of sp³-hybridized carbons (Fsp3) is 0.474. The van der Waals surface area contributed by atoms with E-state index >= 15 is 0 Å². The van der Waals surface area contributed by atoms with E-state index in [4.69, 9.17) is 9.47 Å². The van der Waals surface area contributed by atoms with Gasteiger partial charge in [0.15, 0.2) is 0 Å². The number of allylic oxidation sites excluding steroid dienone is 1. The predicted molar refractivity (Wildman–Crippen MR) is 90.5 cm³/mol. The summed E-state index contributed by atoms with van der Waals surface area (Å²) in [4.78, 5) is 23.9. The molecular formula is C19H26O4. The predicted octanol–water partition coefficient (Wildman–Crippen LogP) is 4.40. The molecule has 0 bridgehead atoms. The van der Waals surface area contributed by atoms with Gasteiger partial charge in [-0.25, -0.2) is 9.59 Å². The summed E-state index contributed by atoms with van der Waals surface area (Å²) in [5.41, 5.74) is 1.80. The summed E-state index contributed by atoms with van der Waals surface area (Å²) in [5, 5.41) is 0. The minimum absolute atomic E-state index is 0.227. The summed E-state index contributed by atoms with van der Waals surface area (Å²) in [5.74, 6) is -0.266. The van der Waals surface area contributed by atoms with Crippen LogP contribution in [-0.4, -0.2) is 25.2 Å². The van der Waals surface area contributed by atoms with Crippen molar-refractivity contribution in [1.29, 1.82) is 0 Å². The van der Waals surface area contributed by atoms with Crippen LogP contribution < -0.4 is 0 Å². The third kappa shape index (κ3) is 7.63. The van der Waals surface area contributed by atoms with E-state index in [1.165, 1.54) is 6.07 Å².